The molecule has 1 heteroatoms. The Morgan fingerprint density at radius 2 is 1.00 bits per heavy atom. The molecule has 4 bridgehead atoms. The van der Waals surface area contributed by atoms with Crippen molar-refractivity contribution in [2.45, 2.75) is 88.9 Å². The molecule has 0 saturated heterocycles. The lowest BCUT2D eigenvalue weighted by atomic mass is 9.43. The van der Waals surface area contributed by atoms with Crippen LogP contribution in [-0.4, -0.2) is 0 Å². The summed E-state index contributed by atoms with van der Waals surface area (Å²) in [5, 5.41) is 0. The number of benzene rings is 6. The van der Waals surface area contributed by atoms with E-state index in [9.17, 15) is 0 Å². The molecule has 0 radical (unpaired) electrons. The predicted octanol–water partition coefficient (Wildman–Crippen LogP) is 14.6. The molecule has 1 spiro atoms. The summed E-state index contributed by atoms with van der Waals surface area (Å²) in [6, 6.07) is 53.7. The molecule has 0 heterocycles. The van der Waals surface area contributed by atoms with Crippen molar-refractivity contribution in [3.05, 3.63) is 162 Å². The van der Waals surface area contributed by atoms with Gasteiger partial charge in [0, 0.05) is 22.2 Å². The number of fused-ring (bicyclic) bond motifs is 4. The molecule has 0 aromatic heterocycles. The van der Waals surface area contributed by atoms with Gasteiger partial charge < -0.3 is 4.90 Å². The van der Waals surface area contributed by atoms with Crippen molar-refractivity contribution >= 4 is 17.1 Å². The van der Waals surface area contributed by atoms with Crippen LogP contribution in [0.15, 0.2) is 140 Å². The van der Waals surface area contributed by atoms with Crippen LogP contribution in [0, 0.1) is 23.7 Å². The summed E-state index contributed by atoms with van der Waals surface area (Å²) in [6.45, 7) is 9.75. The maximum absolute atomic E-state index is 2.61. The highest BCUT2D eigenvalue weighted by molar-refractivity contribution is 5.98. The van der Waals surface area contributed by atoms with E-state index in [4.69, 9.17) is 0 Å². The minimum atomic E-state index is 0.120. The summed E-state index contributed by atoms with van der Waals surface area (Å²) in [5.41, 5.74) is 18.4. The summed E-state index contributed by atoms with van der Waals surface area (Å²) < 4.78 is 0. The average Bonchev–Trinajstić information content (AvgIpc) is 3.51. The largest absolute Gasteiger partial charge is 0.309 e. The Kier molecular flexibility index (Phi) is 7.34. The molecular formula is C54H53N. The molecule has 4 fully saturated rings. The normalized spacial score (nSPS) is 26.0. The Morgan fingerprint density at radius 3 is 1.73 bits per heavy atom. The van der Waals surface area contributed by atoms with Crippen LogP contribution in [0.2, 0.25) is 0 Å². The van der Waals surface area contributed by atoms with E-state index in [1.807, 2.05) is 0 Å². The highest BCUT2D eigenvalue weighted by atomic mass is 15.1. The third-order valence-electron chi connectivity index (χ3n) is 15.3. The number of anilines is 3. The molecule has 0 amide bonds. The fourth-order valence-corrected chi connectivity index (χ4v) is 12.9. The van der Waals surface area contributed by atoms with Gasteiger partial charge in [-0.05, 0) is 148 Å². The first kappa shape index (κ1) is 33.5. The van der Waals surface area contributed by atoms with Crippen molar-refractivity contribution < 1.29 is 0 Å². The highest BCUT2D eigenvalue weighted by Crippen LogP contribution is 2.70. The van der Waals surface area contributed by atoms with Crippen LogP contribution in [0.25, 0.3) is 33.4 Å². The number of nitrogens with zero attached hydrogens (tertiary/aromatic N) is 1. The Morgan fingerprint density at radius 1 is 0.436 bits per heavy atom. The van der Waals surface area contributed by atoms with E-state index in [0.29, 0.717) is 0 Å². The molecule has 0 N–H and O–H groups in total. The minimum Gasteiger partial charge on any atom is -0.309 e. The topological polar surface area (TPSA) is 3.24 Å². The molecular weight excluding hydrogens is 663 g/mol. The van der Waals surface area contributed by atoms with Crippen LogP contribution in [0.5, 0.6) is 0 Å². The molecule has 0 unspecified atom stereocenters. The molecule has 0 atom stereocenters. The lowest BCUT2D eigenvalue weighted by molar-refractivity contribution is -0.0399. The van der Waals surface area contributed by atoms with E-state index in [1.165, 1.54) is 107 Å². The SMILES string of the molecule is CC1(C)CCC(C)(C)c2cc(-c3ccccc3N(c3ccc(-c4ccccc4)cc3)c3cccc4c3-c3ccccc3C43C4CC5CC(C4)CC3C5)ccc21. The van der Waals surface area contributed by atoms with Gasteiger partial charge in [0.15, 0.2) is 0 Å². The molecule has 0 aliphatic heterocycles. The van der Waals surface area contributed by atoms with E-state index in [-0.39, 0.29) is 16.2 Å². The number of rotatable bonds is 5. The van der Waals surface area contributed by atoms with E-state index in [1.54, 1.807) is 11.1 Å². The number of hydrogen-bond donors (Lipinski definition) is 0. The highest BCUT2D eigenvalue weighted by Gasteiger charge is 2.62. The predicted molar refractivity (Wildman–Crippen MR) is 231 cm³/mol. The van der Waals surface area contributed by atoms with Crippen molar-refractivity contribution in [2.75, 3.05) is 4.90 Å². The second kappa shape index (κ2) is 12.1. The fraction of sp³-hybridized carbons (Fsp3) is 0.333. The third-order valence-corrected chi connectivity index (χ3v) is 15.3. The van der Waals surface area contributed by atoms with Crippen molar-refractivity contribution in [3.8, 4) is 33.4 Å². The number of hydrogen-bond acceptors (Lipinski definition) is 1. The van der Waals surface area contributed by atoms with Gasteiger partial charge in [0.1, 0.15) is 0 Å². The Balaban J connectivity index is 1.14. The molecule has 55 heavy (non-hydrogen) atoms. The smallest absolute Gasteiger partial charge is 0.0543 e. The van der Waals surface area contributed by atoms with Crippen molar-refractivity contribution in [1.29, 1.82) is 0 Å². The maximum Gasteiger partial charge on any atom is 0.0543 e. The monoisotopic (exact) mass is 715 g/mol. The van der Waals surface area contributed by atoms with Gasteiger partial charge in [-0.15, -0.1) is 0 Å². The zero-order valence-electron chi connectivity index (χ0n) is 33.0. The first-order valence-corrected chi connectivity index (χ1v) is 21.2. The molecule has 12 rings (SSSR count). The zero-order valence-corrected chi connectivity index (χ0v) is 33.0. The maximum atomic E-state index is 2.61. The molecule has 6 aliphatic carbocycles. The van der Waals surface area contributed by atoms with Crippen LogP contribution in [-0.2, 0) is 16.2 Å². The summed E-state index contributed by atoms with van der Waals surface area (Å²) in [4.78, 5) is 2.61. The van der Waals surface area contributed by atoms with Gasteiger partial charge in [0.2, 0.25) is 0 Å². The molecule has 274 valence electrons. The quantitative estimate of drug-likeness (QED) is 0.172. The van der Waals surface area contributed by atoms with Crippen LogP contribution < -0.4 is 4.90 Å². The summed E-state index contributed by atoms with van der Waals surface area (Å²) in [5.74, 6) is 3.31. The number of para-hydroxylation sites is 1. The summed E-state index contributed by atoms with van der Waals surface area (Å²) >= 11 is 0. The molecule has 1 nitrogen and oxygen atoms in total. The van der Waals surface area contributed by atoms with Gasteiger partial charge in [0.05, 0.1) is 11.4 Å². The third kappa shape index (κ3) is 4.90. The van der Waals surface area contributed by atoms with E-state index >= 15 is 0 Å². The van der Waals surface area contributed by atoms with Gasteiger partial charge in [-0.25, -0.2) is 0 Å². The van der Waals surface area contributed by atoms with E-state index in [0.717, 1.165) is 23.7 Å². The Bertz CT molecular complexity index is 2420. The van der Waals surface area contributed by atoms with Gasteiger partial charge in [0.25, 0.3) is 0 Å². The first-order chi connectivity index (χ1) is 26.7. The van der Waals surface area contributed by atoms with Gasteiger partial charge in [-0.2, -0.15) is 0 Å². The van der Waals surface area contributed by atoms with Gasteiger partial charge in [-0.3, -0.25) is 0 Å². The average molecular weight is 716 g/mol. The van der Waals surface area contributed by atoms with Gasteiger partial charge >= 0.3 is 0 Å². The van der Waals surface area contributed by atoms with E-state index < -0.39 is 0 Å². The first-order valence-electron chi connectivity index (χ1n) is 21.2. The molecule has 6 aromatic rings. The Labute approximate surface area is 328 Å². The second-order valence-corrected chi connectivity index (χ2v) is 19.2. The lowest BCUT2D eigenvalue weighted by Crippen LogP contribution is -2.55. The van der Waals surface area contributed by atoms with Gasteiger partial charge in [-0.1, -0.05) is 143 Å². The second-order valence-electron chi connectivity index (χ2n) is 19.2. The zero-order chi connectivity index (χ0) is 37.1. The molecule has 6 aromatic carbocycles. The van der Waals surface area contributed by atoms with Crippen LogP contribution in [0.3, 0.4) is 0 Å². The molecule has 4 saturated carbocycles. The molecule has 6 aliphatic rings. The van der Waals surface area contributed by atoms with Crippen LogP contribution in [0.1, 0.15) is 94.9 Å². The summed E-state index contributed by atoms with van der Waals surface area (Å²) in [7, 11) is 0. The van der Waals surface area contributed by atoms with E-state index in [2.05, 4.69) is 172 Å². The van der Waals surface area contributed by atoms with Crippen LogP contribution in [0.4, 0.5) is 17.1 Å². The van der Waals surface area contributed by atoms with Crippen molar-refractivity contribution in [2.24, 2.45) is 23.7 Å². The van der Waals surface area contributed by atoms with Crippen molar-refractivity contribution in [1.82, 2.24) is 0 Å². The van der Waals surface area contributed by atoms with Crippen molar-refractivity contribution in [3.63, 3.8) is 0 Å². The minimum absolute atomic E-state index is 0.120. The standard InChI is InChI=1S/C54H53N/c1-52(2)27-28-53(3,4)48-34-39(23-26-46(48)52)43-15-9-11-19-49(43)55(42-24-21-38(22-25-42)37-13-6-5-7-14-37)50-20-12-18-47-51(50)44-16-8-10-17-45(44)54(47)40-30-35-29-36(32-40)33-41(54)31-35/h5-26,34-36,40-41H,27-33H2,1-4H3. The fourth-order valence-electron chi connectivity index (χ4n) is 12.9. The van der Waals surface area contributed by atoms with Crippen LogP contribution >= 0.6 is 0 Å². The lowest BCUT2D eigenvalue weighted by Gasteiger charge is -2.61. The Hall–Kier alpha value is -4.88. The summed E-state index contributed by atoms with van der Waals surface area (Å²) in [6.07, 6.45) is 9.47.